The molecule has 4 rings (SSSR count). The molecule has 0 fully saturated rings. The van der Waals surface area contributed by atoms with Crippen molar-refractivity contribution in [3.63, 3.8) is 0 Å². The molecular weight excluding hydrogens is 504 g/mol. The number of phenols is 1. The molecule has 10 heteroatoms. The number of nitrogens with one attached hydrogen (secondary N) is 1. The molecule has 33 heavy (non-hydrogen) atoms. The maximum absolute atomic E-state index is 12.3. The molecule has 4 aromatic rings. The molecule has 2 heterocycles. The zero-order valence-corrected chi connectivity index (χ0v) is 19.9. The summed E-state index contributed by atoms with van der Waals surface area (Å²) in [4.78, 5) is 16.4. The average molecular weight is 523 g/mol. The number of phenolic OH excluding ortho intramolecular Hbond substituents is 1. The van der Waals surface area contributed by atoms with Crippen LogP contribution >= 0.6 is 27.7 Å². The molecule has 2 aromatic carbocycles. The molecule has 1 amide bonds. The van der Waals surface area contributed by atoms with E-state index in [2.05, 4.69) is 41.6 Å². The molecule has 2 N–H and O–H groups in total. The molecule has 2 aromatic heterocycles. The van der Waals surface area contributed by atoms with Crippen LogP contribution in [0.1, 0.15) is 11.1 Å². The number of halogens is 1. The van der Waals surface area contributed by atoms with E-state index in [1.807, 2.05) is 47.9 Å². The molecule has 0 aliphatic carbocycles. The number of thioether (sulfide) groups is 1. The zero-order chi connectivity index (χ0) is 23.2. The van der Waals surface area contributed by atoms with Gasteiger partial charge in [-0.05, 0) is 49.4 Å². The highest BCUT2D eigenvalue weighted by molar-refractivity contribution is 9.10. The van der Waals surface area contributed by atoms with E-state index in [1.54, 1.807) is 30.6 Å². The molecular formula is C23H19BrN6O2S. The summed E-state index contributed by atoms with van der Waals surface area (Å²) in [6.45, 7) is 2.02. The van der Waals surface area contributed by atoms with Crippen molar-refractivity contribution in [1.29, 1.82) is 0 Å². The van der Waals surface area contributed by atoms with Crippen molar-refractivity contribution < 1.29 is 9.90 Å². The van der Waals surface area contributed by atoms with Gasteiger partial charge in [0.15, 0.2) is 11.0 Å². The lowest BCUT2D eigenvalue weighted by Crippen LogP contribution is -2.20. The average Bonchev–Trinajstić information content (AvgIpc) is 3.25. The Morgan fingerprint density at radius 3 is 2.67 bits per heavy atom. The number of amides is 1. The van der Waals surface area contributed by atoms with Crippen LogP contribution in [0.15, 0.2) is 81.7 Å². The fourth-order valence-corrected chi connectivity index (χ4v) is 4.07. The third-order valence-corrected chi connectivity index (χ3v) is 6.00. The molecule has 8 nitrogen and oxygen atoms in total. The highest BCUT2D eigenvalue weighted by Gasteiger charge is 2.17. The van der Waals surface area contributed by atoms with Gasteiger partial charge in [-0.3, -0.25) is 14.3 Å². The second-order valence-electron chi connectivity index (χ2n) is 7.00. The van der Waals surface area contributed by atoms with Crippen LogP contribution in [0.25, 0.3) is 17.1 Å². The van der Waals surface area contributed by atoms with E-state index in [-0.39, 0.29) is 17.4 Å². The Morgan fingerprint density at radius 1 is 1.15 bits per heavy atom. The van der Waals surface area contributed by atoms with Crippen LogP contribution < -0.4 is 5.43 Å². The number of carbonyl (C=O) groups is 1. The predicted octanol–water partition coefficient (Wildman–Crippen LogP) is 4.35. The van der Waals surface area contributed by atoms with E-state index >= 15 is 0 Å². The lowest BCUT2D eigenvalue weighted by Gasteiger charge is -2.10. The maximum Gasteiger partial charge on any atom is 0.250 e. The maximum atomic E-state index is 12.3. The monoisotopic (exact) mass is 522 g/mol. The minimum Gasteiger partial charge on any atom is -0.507 e. The number of nitrogens with zero attached hydrogens (tertiary/aromatic N) is 5. The van der Waals surface area contributed by atoms with E-state index in [0.29, 0.717) is 16.5 Å². The third kappa shape index (κ3) is 5.65. The van der Waals surface area contributed by atoms with E-state index in [4.69, 9.17) is 0 Å². The normalized spacial score (nSPS) is 11.1. The SMILES string of the molecule is Cc1ccc(-n2c(SCC(=O)NN=Cc3cc(Br)ccc3O)nnc2-c2ccncc2)cc1. The zero-order valence-electron chi connectivity index (χ0n) is 17.5. The Morgan fingerprint density at radius 2 is 1.91 bits per heavy atom. The summed E-state index contributed by atoms with van der Waals surface area (Å²) in [5, 5.41) is 23.0. The van der Waals surface area contributed by atoms with Crippen LogP contribution in [0.2, 0.25) is 0 Å². The summed E-state index contributed by atoms with van der Waals surface area (Å²) in [6, 6.07) is 16.7. The predicted molar refractivity (Wildman–Crippen MR) is 132 cm³/mol. The van der Waals surface area contributed by atoms with Crippen LogP contribution in [0.5, 0.6) is 5.75 Å². The van der Waals surface area contributed by atoms with Gasteiger partial charge in [-0.1, -0.05) is 45.4 Å². The molecule has 0 aliphatic heterocycles. The molecule has 0 radical (unpaired) electrons. The topological polar surface area (TPSA) is 105 Å². The van der Waals surface area contributed by atoms with Crippen molar-refractivity contribution in [2.24, 2.45) is 5.10 Å². The lowest BCUT2D eigenvalue weighted by molar-refractivity contribution is -0.118. The number of aromatic nitrogens is 4. The number of aromatic hydroxyl groups is 1. The second-order valence-corrected chi connectivity index (χ2v) is 8.86. The van der Waals surface area contributed by atoms with Gasteiger partial charge in [0, 0.05) is 33.7 Å². The molecule has 166 valence electrons. The number of aryl methyl sites for hydroxylation is 1. The van der Waals surface area contributed by atoms with Gasteiger partial charge in [0.05, 0.1) is 12.0 Å². The highest BCUT2D eigenvalue weighted by atomic mass is 79.9. The van der Waals surface area contributed by atoms with Gasteiger partial charge in [0.1, 0.15) is 5.75 Å². The molecule has 0 aliphatic rings. The first-order chi connectivity index (χ1) is 16.0. The van der Waals surface area contributed by atoms with Gasteiger partial charge in [0.25, 0.3) is 5.91 Å². The van der Waals surface area contributed by atoms with Crippen molar-refractivity contribution in [2.75, 3.05) is 5.75 Å². The van der Waals surface area contributed by atoms with E-state index in [0.717, 1.165) is 21.3 Å². The summed E-state index contributed by atoms with van der Waals surface area (Å²) >= 11 is 4.59. The first kappa shape index (κ1) is 22.7. The Hall–Kier alpha value is -3.50. The minimum atomic E-state index is -0.311. The number of hydrogen-bond donors (Lipinski definition) is 2. The largest absolute Gasteiger partial charge is 0.507 e. The van der Waals surface area contributed by atoms with Gasteiger partial charge in [-0.2, -0.15) is 5.10 Å². The summed E-state index contributed by atoms with van der Waals surface area (Å²) in [7, 11) is 0. The Balaban J connectivity index is 1.50. The Kier molecular flexibility index (Phi) is 7.16. The lowest BCUT2D eigenvalue weighted by atomic mass is 10.2. The van der Waals surface area contributed by atoms with Crippen LogP contribution in [0.3, 0.4) is 0 Å². The van der Waals surface area contributed by atoms with Crippen molar-refractivity contribution in [3.8, 4) is 22.8 Å². The van der Waals surface area contributed by atoms with E-state index < -0.39 is 0 Å². The second kappa shape index (κ2) is 10.4. The Bertz CT molecular complexity index is 1290. The molecule has 0 saturated heterocycles. The molecule has 0 spiro atoms. The Labute approximate surface area is 202 Å². The van der Waals surface area contributed by atoms with Crippen molar-refractivity contribution >= 4 is 39.8 Å². The van der Waals surface area contributed by atoms with Gasteiger partial charge < -0.3 is 5.11 Å². The van der Waals surface area contributed by atoms with E-state index in [9.17, 15) is 9.90 Å². The fourth-order valence-electron chi connectivity index (χ4n) is 2.94. The van der Waals surface area contributed by atoms with Gasteiger partial charge in [-0.25, -0.2) is 5.43 Å². The number of pyridine rings is 1. The quantitative estimate of drug-likeness (QED) is 0.212. The van der Waals surface area contributed by atoms with Crippen molar-refractivity contribution in [1.82, 2.24) is 25.2 Å². The summed E-state index contributed by atoms with van der Waals surface area (Å²) < 4.78 is 2.71. The number of rotatable bonds is 7. The molecule has 0 saturated carbocycles. The first-order valence-electron chi connectivity index (χ1n) is 9.87. The number of benzene rings is 2. The fraction of sp³-hybridized carbons (Fsp3) is 0.0870. The van der Waals surface area contributed by atoms with Crippen molar-refractivity contribution in [3.05, 3.63) is 82.6 Å². The number of carbonyl (C=O) groups excluding carboxylic acids is 1. The van der Waals surface area contributed by atoms with E-state index in [1.165, 1.54) is 18.0 Å². The van der Waals surface area contributed by atoms with Gasteiger partial charge in [-0.15, -0.1) is 10.2 Å². The van der Waals surface area contributed by atoms with Crippen LogP contribution in [0, 0.1) is 6.92 Å². The summed E-state index contributed by atoms with van der Waals surface area (Å²) in [5.41, 5.74) is 5.86. The number of hydrogen-bond acceptors (Lipinski definition) is 7. The smallest absolute Gasteiger partial charge is 0.250 e. The molecule has 0 bridgehead atoms. The minimum absolute atomic E-state index is 0.0698. The number of hydrazone groups is 1. The molecule has 0 unspecified atom stereocenters. The van der Waals surface area contributed by atoms with Crippen molar-refractivity contribution in [2.45, 2.75) is 12.1 Å². The van der Waals surface area contributed by atoms with Crippen LogP contribution in [0.4, 0.5) is 0 Å². The van der Waals surface area contributed by atoms with Crippen LogP contribution in [-0.4, -0.2) is 42.7 Å². The van der Waals surface area contributed by atoms with Gasteiger partial charge >= 0.3 is 0 Å². The third-order valence-electron chi connectivity index (χ3n) is 4.58. The standard InChI is InChI=1S/C23H19BrN6O2S/c1-15-2-5-19(6-3-15)30-22(16-8-10-25-11-9-16)28-29-23(30)33-14-21(32)27-26-13-17-12-18(24)4-7-20(17)31/h2-13,31H,14H2,1H3,(H,27,32). The summed E-state index contributed by atoms with van der Waals surface area (Å²) in [5.74, 6) is 0.504. The highest BCUT2D eigenvalue weighted by Crippen LogP contribution is 2.28. The first-order valence-corrected chi connectivity index (χ1v) is 11.6. The molecule has 0 atom stereocenters. The van der Waals surface area contributed by atoms with Crippen LogP contribution in [-0.2, 0) is 4.79 Å². The van der Waals surface area contributed by atoms with Gasteiger partial charge in [0.2, 0.25) is 0 Å². The summed E-state index contributed by atoms with van der Waals surface area (Å²) in [6.07, 6.45) is 4.79.